The van der Waals surface area contributed by atoms with Gasteiger partial charge in [-0.2, -0.15) is 0 Å². The smallest absolute Gasteiger partial charge is 0.139 e. The van der Waals surface area contributed by atoms with Gasteiger partial charge in [0.05, 0.1) is 4.47 Å². The molecule has 2 N–H and O–H groups in total. The van der Waals surface area contributed by atoms with E-state index < -0.39 is 0 Å². The van der Waals surface area contributed by atoms with Gasteiger partial charge in [0.15, 0.2) is 0 Å². The summed E-state index contributed by atoms with van der Waals surface area (Å²) >= 11 is 6.95. The van der Waals surface area contributed by atoms with Gasteiger partial charge in [-0.1, -0.05) is 45.8 Å². The van der Waals surface area contributed by atoms with Crippen molar-refractivity contribution in [3.63, 3.8) is 0 Å². The first-order chi connectivity index (χ1) is 9.47. The predicted octanol–water partition coefficient (Wildman–Crippen LogP) is 4.99. The van der Waals surface area contributed by atoms with Crippen molar-refractivity contribution in [3.05, 3.63) is 62.5 Å². The van der Waals surface area contributed by atoms with Crippen LogP contribution in [0.4, 0.5) is 0 Å². The summed E-state index contributed by atoms with van der Waals surface area (Å²) in [6.07, 6.45) is -0.174. The fraction of sp³-hybridized carbons (Fsp3) is 0.250. The molecule has 2 aromatic rings. The highest BCUT2D eigenvalue weighted by atomic mass is 79.9. The van der Waals surface area contributed by atoms with Gasteiger partial charge in [-0.25, -0.2) is 0 Å². The molecular formula is C16H17Br2NO. The average molecular weight is 399 g/mol. The van der Waals surface area contributed by atoms with Gasteiger partial charge in [-0.15, -0.1) is 0 Å². The Balaban J connectivity index is 2.30. The quantitative estimate of drug-likeness (QED) is 0.787. The largest absolute Gasteiger partial charge is 0.483 e. The zero-order valence-electron chi connectivity index (χ0n) is 11.4. The van der Waals surface area contributed by atoms with Gasteiger partial charge in [0.1, 0.15) is 11.9 Å². The fourth-order valence-corrected chi connectivity index (χ4v) is 3.17. The number of nitrogens with two attached hydrogens (primary N) is 1. The highest BCUT2D eigenvalue weighted by Crippen LogP contribution is 2.32. The lowest BCUT2D eigenvalue weighted by Crippen LogP contribution is -2.29. The third kappa shape index (κ3) is 3.84. The molecule has 2 unspecified atom stereocenters. The van der Waals surface area contributed by atoms with E-state index in [9.17, 15) is 0 Å². The molecule has 20 heavy (non-hydrogen) atoms. The van der Waals surface area contributed by atoms with Crippen molar-refractivity contribution in [1.82, 2.24) is 0 Å². The van der Waals surface area contributed by atoms with Gasteiger partial charge in [-0.05, 0) is 53.5 Å². The van der Waals surface area contributed by atoms with E-state index in [0.717, 1.165) is 20.3 Å². The van der Waals surface area contributed by atoms with Gasteiger partial charge >= 0.3 is 0 Å². The molecule has 2 aromatic carbocycles. The van der Waals surface area contributed by atoms with E-state index in [1.54, 1.807) is 0 Å². The van der Waals surface area contributed by atoms with E-state index in [0.29, 0.717) is 0 Å². The van der Waals surface area contributed by atoms with Gasteiger partial charge in [0.25, 0.3) is 0 Å². The summed E-state index contributed by atoms with van der Waals surface area (Å²) in [6, 6.07) is 14.0. The topological polar surface area (TPSA) is 35.2 Å². The molecule has 0 aliphatic carbocycles. The number of benzene rings is 2. The van der Waals surface area contributed by atoms with Crippen molar-refractivity contribution in [2.24, 2.45) is 5.73 Å². The van der Waals surface area contributed by atoms with Gasteiger partial charge in [-0.3, -0.25) is 0 Å². The summed E-state index contributed by atoms with van der Waals surface area (Å²) in [4.78, 5) is 0. The van der Waals surface area contributed by atoms with Crippen LogP contribution in [0.25, 0.3) is 0 Å². The first-order valence-electron chi connectivity index (χ1n) is 6.41. The van der Waals surface area contributed by atoms with Gasteiger partial charge < -0.3 is 10.5 Å². The Morgan fingerprint density at radius 2 is 1.85 bits per heavy atom. The Morgan fingerprint density at radius 1 is 1.10 bits per heavy atom. The number of hydrogen-bond acceptors (Lipinski definition) is 2. The van der Waals surface area contributed by atoms with Gasteiger partial charge in [0, 0.05) is 10.5 Å². The van der Waals surface area contributed by atoms with E-state index >= 15 is 0 Å². The maximum Gasteiger partial charge on any atom is 0.139 e. The molecule has 0 aliphatic rings. The lowest BCUT2D eigenvalue weighted by atomic mass is 10.0. The predicted molar refractivity (Wildman–Crippen MR) is 90.0 cm³/mol. The minimum atomic E-state index is -0.174. The molecule has 0 aromatic heterocycles. The first kappa shape index (κ1) is 15.5. The van der Waals surface area contributed by atoms with Crippen molar-refractivity contribution >= 4 is 31.9 Å². The van der Waals surface area contributed by atoms with Crippen LogP contribution in [0.2, 0.25) is 0 Å². The standard InChI is InChI=1S/C16H17Br2NO/c1-10-4-3-5-12(8-10)16(11(2)19)20-15-7-6-13(17)9-14(15)18/h3-9,11,16H,19H2,1-2H3. The van der Waals surface area contributed by atoms with Crippen molar-refractivity contribution in [1.29, 1.82) is 0 Å². The lowest BCUT2D eigenvalue weighted by molar-refractivity contribution is 0.179. The maximum atomic E-state index is 6.11. The van der Waals surface area contributed by atoms with Crippen molar-refractivity contribution in [2.75, 3.05) is 0 Å². The Kier molecular flexibility index (Phi) is 5.24. The monoisotopic (exact) mass is 397 g/mol. The second-order valence-corrected chi connectivity index (χ2v) is 6.66. The molecule has 0 heterocycles. The molecule has 0 aliphatic heterocycles. The second-order valence-electron chi connectivity index (χ2n) is 4.89. The number of hydrogen-bond donors (Lipinski definition) is 1. The van der Waals surface area contributed by atoms with Crippen LogP contribution < -0.4 is 10.5 Å². The van der Waals surface area contributed by atoms with Crippen LogP contribution in [0.5, 0.6) is 5.75 Å². The number of rotatable bonds is 4. The van der Waals surface area contributed by atoms with Crippen LogP contribution in [0.15, 0.2) is 51.4 Å². The molecule has 2 rings (SSSR count). The number of halogens is 2. The van der Waals surface area contributed by atoms with Crippen molar-refractivity contribution < 1.29 is 4.74 Å². The van der Waals surface area contributed by atoms with Crippen LogP contribution in [0, 0.1) is 6.92 Å². The zero-order chi connectivity index (χ0) is 14.7. The molecule has 0 radical (unpaired) electrons. The van der Waals surface area contributed by atoms with Crippen molar-refractivity contribution in [3.8, 4) is 5.75 Å². The van der Waals surface area contributed by atoms with Crippen LogP contribution in [0.1, 0.15) is 24.2 Å². The van der Waals surface area contributed by atoms with E-state index in [4.69, 9.17) is 10.5 Å². The Bertz CT molecular complexity index is 599. The molecular weight excluding hydrogens is 382 g/mol. The molecule has 0 saturated carbocycles. The molecule has 0 spiro atoms. The summed E-state index contributed by atoms with van der Waals surface area (Å²) in [5.41, 5.74) is 8.39. The lowest BCUT2D eigenvalue weighted by Gasteiger charge is -2.24. The minimum absolute atomic E-state index is 0.104. The summed E-state index contributed by atoms with van der Waals surface area (Å²) < 4.78 is 8.02. The zero-order valence-corrected chi connectivity index (χ0v) is 14.6. The molecule has 0 fully saturated rings. The average Bonchev–Trinajstić information content (AvgIpc) is 2.37. The van der Waals surface area contributed by atoms with Crippen molar-refractivity contribution in [2.45, 2.75) is 26.0 Å². The molecule has 2 atom stereocenters. The minimum Gasteiger partial charge on any atom is -0.483 e. The van der Waals surface area contributed by atoms with Gasteiger partial charge in [0.2, 0.25) is 0 Å². The van der Waals surface area contributed by atoms with Crippen LogP contribution in [-0.2, 0) is 0 Å². The SMILES string of the molecule is Cc1cccc(C(Oc2ccc(Br)cc2Br)C(C)N)c1. The van der Waals surface area contributed by atoms with Crippen LogP contribution >= 0.6 is 31.9 Å². The van der Waals surface area contributed by atoms with E-state index in [-0.39, 0.29) is 12.1 Å². The van der Waals surface area contributed by atoms with E-state index in [1.807, 2.05) is 37.3 Å². The fourth-order valence-electron chi connectivity index (χ4n) is 2.03. The maximum absolute atomic E-state index is 6.11. The summed E-state index contributed by atoms with van der Waals surface area (Å²) in [7, 11) is 0. The molecule has 106 valence electrons. The third-order valence-electron chi connectivity index (χ3n) is 3.00. The van der Waals surface area contributed by atoms with E-state index in [1.165, 1.54) is 5.56 Å². The molecule has 2 nitrogen and oxygen atoms in total. The normalized spacial score (nSPS) is 13.8. The number of ether oxygens (including phenoxy) is 1. The van der Waals surface area contributed by atoms with E-state index in [2.05, 4.69) is 50.9 Å². The Morgan fingerprint density at radius 3 is 2.45 bits per heavy atom. The highest BCUT2D eigenvalue weighted by molar-refractivity contribution is 9.11. The first-order valence-corrected chi connectivity index (χ1v) is 8.00. The second kappa shape index (κ2) is 6.74. The number of aryl methyl sites for hydroxylation is 1. The van der Waals surface area contributed by atoms with Crippen LogP contribution in [-0.4, -0.2) is 6.04 Å². The molecule has 0 amide bonds. The molecule has 0 bridgehead atoms. The van der Waals surface area contributed by atoms with Crippen LogP contribution in [0.3, 0.4) is 0 Å². The summed E-state index contributed by atoms with van der Waals surface area (Å²) in [5, 5.41) is 0. The highest BCUT2D eigenvalue weighted by Gasteiger charge is 2.19. The Hall–Kier alpha value is -0.840. The molecule has 4 heteroatoms. The summed E-state index contributed by atoms with van der Waals surface area (Å²) in [5.74, 6) is 0.789. The molecule has 0 saturated heterocycles. The Labute approximate surface area is 136 Å². The summed E-state index contributed by atoms with van der Waals surface area (Å²) in [6.45, 7) is 4.02. The third-order valence-corrected chi connectivity index (χ3v) is 4.11.